The van der Waals surface area contributed by atoms with Gasteiger partial charge in [0, 0.05) is 13.1 Å². The third-order valence-corrected chi connectivity index (χ3v) is 3.03. The van der Waals surface area contributed by atoms with Crippen LogP contribution in [0, 0.1) is 0 Å². The van der Waals surface area contributed by atoms with E-state index < -0.39 is 23.8 Å². The van der Waals surface area contributed by atoms with Crippen LogP contribution < -0.4 is 16.0 Å². The maximum atomic E-state index is 11.9. The van der Waals surface area contributed by atoms with E-state index >= 15 is 0 Å². The molecule has 3 amide bonds. The van der Waals surface area contributed by atoms with Crippen LogP contribution in [0.3, 0.4) is 0 Å². The third-order valence-electron chi connectivity index (χ3n) is 3.03. The summed E-state index contributed by atoms with van der Waals surface area (Å²) in [5.41, 5.74) is 0.252. The van der Waals surface area contributed by atoms with Gasteiger partial charge in [-0.25, -0.2) is 9.59 Å². The zero-order valence-electron chi connectivity index (χ0n) is 15.6. The van der Waals surface area contributed by atoms with Gasteiger partial charge in [-0.3, -0.25) is 4.79 Å². The lowest BCUT2D eigenvalue weighted by atomic mass is 10.2. The smallest absolute Gasteiger partial charge is 0.408 e. The number of ether oxygens (including phenoxy) is 2. The van der Waals surface area contributed by atoms with Crippen LogP contribution in [0.1, 0.15) is 33.3 Å². The molecule has 0 aliphatic rings. The minimum atomic E-state index is -0.755. The molecule has 1 aromatic rings. The summed E-state index contributed by atoms with van der Waals surface area (Å²) in [7, 11) is 0. The second-order valence-corrected chi connectivity index (χ2v) is 6.65. The van der Waals surface area contributed by atoms with E-state index in [1.165, 1.54) is 0 Å². The Balaban J connectivity index is 2.16. The van der Waals surface area contributed by atoms with Gasteiger partial charge in [0.2, 0.25) is 5.91 Å². The Bertz CT molecular complexity index is 599. The van der Waals surface area contributed by atoms with Crippen LogP contribution in [0.15, 0.2) is 30.3 Å². The minimum Gasteiger partial charge on any atom is -0.445 e. The Labute approximate surface area is 153 Å². The van der Waals surface area contributed by atoms with Gasteiger partial charge in [0.25, 0.3) is 0 Å². The Kier molecular flexibility index (Phi) is 8.41. The molecule has 0 aliphatic carbocycles. The van der Waals surface area contributed by atoms with Crippen molar-refractivity contribution in [1.82, 2.24) is 16.0 Å². The summed E-state index contributed by atoms with van der Waals surface area (Å²) in [5.74, 6) is -0.379. The summed E-state index contributed by atoms with van der Waals surface area (Å²) in [6, 6.07) is 8.55. The van der Waals surface area contributed by atoms with Gasteiger partial charge in [-0.2, -0.15) is 0 Å². The highest BCUT2D eigenvalue weighted by Gasteiger charge is 2.20. The van der Waals surface area contributed by atoms with Crippen molar-refractivity contribution in [1.29, 1.82) is 0 Å². The first-order chi connectivity index (χ1) is 12.2. The molecule has 0 heterocycles. The van der Waals surface area contributed by atoms with E-state index in [0.717, 1.165) is 5.56 Å². The number of amides is 3. The number of rotatable bonds is 7. The predicted molar refractivity (Wildman–Crippen MR) is 96.5 cm³/mol. The van der Waals surface area contributed by atoms with Gasteiger partial charge in [0.1, 0.15) is 18.2 Å². The van der Waals surface area contributed by atoms with E-state index in [1.807, 2.05) is 30.3 Å². The third kappa shape index (κ3) is 9.51. The molecule has 0 unspecified atom stereocenters. The van der Waals surface area contributed by atoms with Gasteiger partial charge in [-0.15, -0.1) is 0 Å². The molecule has 1 rings (SSSR count). The molecule has 8 heteroatoms. The number of hydrogen-bond acceptors (Lipinski definition) is 5. The number of nitrogens with one attached hydrogen (secondary N) is 3. The molecule has 0 spiro atoms. The first kappa shape index (κ1) is 21.3. The van der Waals surface area contributed by atoms with Crippen molar-refractivity contribution in [3.8, 4) is 0 Å². The van der Waals surface area contributed by atoms with Crippen LogP contribution in [-0.2, 0) is 20.9 Å². The average molecular weight is 365 g/mol. The second kappa shape index (κ2) is 10.3. The zero-order chi connectivity index (χ0) is 19.6. The first-order valence-electron chi connectivity index (χ1n) is 8.39. The Hall–Kier alpha value is -2.77. The largest absolute Gasteiger partial charge is 0.445 e. The molecule has 0 saturated heterocycles. The first-order valence-corrected chi connectivity index (χ1v) is 8.39. The van der Waals surface area contributed by atoms with Crippen LogP contribution in [0.5, 0.6) is 0 Å². The summed E-state index contributed by atoms with van der Waals surface area (Å²) < 4.78 is 10.1. The van der Waals surface area contributed by atoms with Crippen molar-refractivity contribution in [2.24, 2.45) is 0 Å². The van der Waals surface area contributed by atoms with Crippen molar-refractivity contribution < 1.29 is 23.9 Å². The maximum absolute atomic E-state index is 11.9. The fourth-order valence-corrected chi connectivity index (χ4v) is 1.83. The summed E-state index contributed by atoms with van der Waals surface area (Å²) in [6.45, 7) is 7.34. The quantitative estimate of drug-likeness (QED) is 0.641. The highest BCUT2D eigenvalue weighted by Crippen LogP contribution is 2.06. The molecule has 0 bridgehead atoms. The lowest BCUT2D eigenvalue weighted by Gasteiger charge is -2.21. The maximum Gasteiger partial charge on any atom is 0.408 e. The second-order valence-electron chi connectivity index (χ2n) is 6.65. The van der Waals surface area contributed by atoms with E-state index in [9.17, 15) is 14.4 Å². The molecule has 1 aromatic carbocycles. The van der Waals surface area contributed by atoms with Crippen molar-refractivity contribution in [3.63, 3.8) is 0 Å². The normalized spacial score (nSPS) is 11.8. The van der Waals surface area contributed by atoms with E-state index in [1.54, 1.807) is 27.7 Å². The van der Waals surface area contributed by atoms with Crippen molar-refractivity contribution >= 4 is 18.1 Å². The summed E-state index contributed by atoms with van der Waals surface area (Å²) >= 11 is 0. The molecule has 0 fully saturated rings. The molecule has 0 saturated carbocycles. The zero-order valence-corrected chi connectivity index (χ0v) is 15.6. The average Bonchev–Trinajstić information content (AvgIpc) is 2.55. The van der Waals surface area contributed by atoms with Crippen molar-refractivity contribution in [3.05, 3.63) is 35.9 Å². The van der Waals surface area contributed by atoms with Gasteiger partial charge >= 0.3 is 12.2 Å². The molecular formula is C18H27N3O5. The number of benzene rings is 1. The SMILES string of the molecule is C[C@H](NC(=O)OC(C)(C)C)C(=O)NCCNC(=O)OCc1ccccc1. The predicted octanol–water partition coefficient (Wildman–Crippen LogP) is 1.94. The Morgan fingerprint density at radius 2 is 1.62 bits per heavy atom. The molecule has 1 atom stereocenters. The van der Waals surface area contributed by atoms with Gasteiger partial charge in [-0.05, 0) is 33.3 Å². The number of alkyl carbamates (subject to hydrolysis) is 2. The summed E-state index contributed by atoms with van der Waals surface area (Å²) in [6.07, 6.45) is -1.23. The monoisotopic (exact) mass is 365 g/mol. The molecule has 8 nitrogen and oxygen atoms in total. The standard InChI is InChI=1S/C18H27N3O5/c1-13(21-17(24)26-18(2,3)4)15(22)19-10-11-20-16(23)25-12-14-8-6-5-7-9-14/h5-9,13H,10-12H2,1-4H3,(H,19,22)(H,20,23)(H,21,24)/t13-/m0/s1. The molecule has 0 aliphatic heterocycles. The molecule has 0 radical (unpaired) electrons. The van der Waals surface area contributed by atoms with E-state index in [0.29, 0.717) is 0 Å². The fraction of sp³-hybridized carbons (Fsp3) is 0.500. The lowest BCUT2D eigenvalue weighted by molar-refractivity contribution is -0.122. The molecular weight excluding hydrogens is 338 g/mol. The van der Waals surface area contributed by atoms with Crippen molar-refractivity contribution in [2.75, 3.05) is 13.1 Å². The summed E-state index contributed by atoms with van der Waals surface area (Å²) in [4.78, 5) is 35.0. The summed E-state index contributed by atoms with van der Waals surface area (Å²) in [5, 5.41) is 7.57. The van der Waals surface area contributed by atoms with E-state index in [4.69, 9.17) is 9.47 Å². The van der Waals surface area contributed by atoms with Crippen LogP contribution in [0.2, 0.25) is 0 Å². The van der Waals surface area contributed by atoms with E-state index in [-0.39, 0.29) is 25.6 Å². The van der Waals surface area contributed by atoms with Gasteiger partial charge < -0.3 is 25.4 Å². The molecule has 3 N–H and O–H groups in total. The Morgan fingerprint density at radius 1 is 1.00 bits per heavy atom. The topological polar surface area (TPSA) is 106 Å². The Morgan fingerprint density at radius 3 is 2.23 bits per heavy atom. The highest BCUT2D eigenvalue weighted by atomic mass is 16.6. The molecule has 26 heavy (non-hydrogen) atoms. The molecule has 144 valence electrons. The van der Waals surface area contributed by atoms with Gasteiger partial charge in [0.15, 0.2) is 0 Å². The van der Waals surface area contributed by atoms with E-state index in [2.05, 4.69) is 16.0 Å². The lowest BCUT2D eigenvalue weighted by Crippen LogP contribution is -2.47. The number of hydrogen-bond donors (Lipinski definition) is 3. The minimum absolute atomic E-state index is 0.176. The van der Waals surface area contributed by atoms with Crippen molar-refractivity contribution in [2.45, 2.75) is 45.9 Å². The van der Waals surface area contributed by atoms with Crippen LogP contribution in [-0.4, -0.2) is 42.8 Å². The van der Waals surface area contributed by atoms with Crippen LogP contribution in [0.4, 0.5) is 9.59 Å². The number of carbonyl (C=O) groups is 3. The molecule has 0 aromatic heterocycles. The van der Waals surface area contributed by atoms with Gasteiger partial charge in [0.05, 0.1) is 0 Å². The van der Waals surface area contributed by atoms with Crippen LogP contribution in [0.25, 0.3) is 0 Å². The number of carbonyl (C=O) groups excluding carboxylic acids is 3. The van der Waals surface area contributed by atoms with Gasteiger partial charge in [-0.1, -0.05) is 30.3 Å². The highest BCUT2D eigenvalue weighted by molar-refractivity contribution is 5.85. The van der Waals surface area contributed by atoms with Crippen LogP contribution >= 0.6 is 0 Å². The fourth-order valence-electron chi connectivity index (χ4n) is 1.83.